The lowest BCUT2D eigenvalue weighted by atomic mass is 10.0. The molecule has 0 spiro atoms. The number of hydrogen-bond acceptors (Lipinski definition) is 4. The second-order valence-electron chi connectivity index (χ2n) is 5.15. The number of hydrogen-bond donors (Lipinski definition) is 1. The van der Waals surface area contributed by atoms with Crippen LogP contribution < -0.4 is 0 Å². The maximum atomic E-state index is 11.4. The van der Waals surface area contributed by atoms with Gasteiger partial charge in [-0.15, -0.1) is 0 Å². The average molecular weight is 271 g/mol. The van der Waals surface area contributed by atoms with Crippen molar-refractivity contribution in [3.05, 3.63) is 30.4 Å². The molecule has 1 saturated heterocycles. The molecule has 3 heterocycles. The van der Waals surface area contributed by atoms with E-state index in [0.717, 1.165) is 43.0 Å². The van der Waals surface area contributed by atoms with E-state index in [1.165, 1.54) is 0 Å². The molecule has 1 aliphatic rings. The van der Waals surface area contributed by atoms with Gasteiger partial charge in [0.05, 0.1) is 11.4 Å². The van der Waals surface area contributed by atoms with E-state index in [9.17, 15) is 4.79 Å². The van der Waals surface area contributed by atoms with Crippen LogP contribution in [0.25, 0.3) is 11.4 Å². The zero-order valence-electron chi connectivity index (χ0n) is 11.4. The molecule has 0 aromatic carbocycles. The average Bonchev–Trinajstić information content (AvgIpc) is 3.10. The summed E-state index contributed by atoms with van der Waals surface area (Å²) in [7, 11) is 0. The predicted octanol–water partition coefficient (Wildman–Crippen LogP) is 1.28. The van der Waals surface area contributed by atoms with Crippen molar-refractivity contribution in [2.45, 2.75) is 19.8 Å². The normalized spacial score (nSPS) is 18.4. The third kappa shape index (κ3) is 2.54. The number of rotatable bonds is 3. The van der Waals surface area contributed by atoms with E-state index in [4.69, 9.17) is 0 Å². The van der Waals surface area contributed by atoms with E-state index in [2.05, 4.69) is 20.2 Å². The Hall–Kier alpha value is -2.24. The molecule has 0 radical (unpaired) electrons. The lowest BCUT2D eigenvalue weighted by Crippen LogP contribution is -2.26. The first-order chi connectivity index (χ1) is 9.74. The Morgan fingerprint density at radius 1 is 1.40 bits per heavy atom. The maximum Gasteiger partial charge on any atom is 0.219 e. The van der Waals surface area contributed by atoms with Crippen molar-refractivity contribution in [3.63, 3.8) is 0 Å². The quantitative estimate of drug-likeness (QED) is 0.912. The van der Waals surface area contributed by atoms with Gasteiger partial charge in [0.15, 0.2) is 0 Å². The van der Waals surface area contributed by atoms with Crippen LogP contribution in [0.1, 0.15) is 19.0 Å². The lowest BCUT2D eigenvalue weighted by Gasteiger charge is -2.14. The molecule has 1 fully saturated rings. The fourth-order valence-corrected chi connectivity index (χ4v) is 2.69. The third-order valence-electron chi connectivity index (χ3n) is 3.74. The number of likely N-dealkylation sites (tertiary alicyclic amines) is 1. The molecule has 2 aromatic rings. The highest BCUT2D eigenvalue weighted by Crippen LogP contribution is 2.24. The summed E-state index contributed by atoms with van der Waals surface area (Å²) in [4.78, 5) is 22.1. The Bertz CT molecular complexity index is 595. The summed E-state index contributed by atoms with van der Waals surface area (Å²) in [5.74, 6) is 0.609. The van der Waals surface area contributed by atoms with E-state index in [1.807, 2.05) is 11.0 Å². The van der Waals surface area contributed by atoms with Crippen LogP contribution in [0.4, 0.5) is 0 Å². The molecule has 1 atom stereocenters. The Morgan fingerprint density at radius 2 is 2.25 bits per heavy atom. The van der Waals surface area contributed by atoms with Gasteiger partial charge >= 0.3 is 0 Å². The largest absolute Gasteiger partial charge is 0.343 e. The monoisotopic (exact) mass is 271 g/mol. The first-order valence-corrected chi connectivity index (χ1v) is 6.79. The van der Waals surface area contributed by atoms with Crippen LogP contribution in [0.5, 0.6) is 0 Å². The third-order valence-corrected chi connectivity index (χ3v) is 3.74. The van der Waals surface area contributed by atoms with Gasteiger partial charge in [0.25, 0.3) is 0 Å². The minimum Gasteiger partial charge on any atom is -0.343 e. The van der Waals surface area contributed by atoms with Gasteiger partial charge in [-0.3, -0.25) is 19.9 Å². The minimum absolute atomic E-state index is 0.153. The van der Waals surface area contributed by atoms with Gasteiger partial charge in [0.1, 0.15) is 5.69 Å². The Balaban J connectivity index is 1.77. The number of carbonyl (C=O) groups is 1. The first kappa shape index (κ1) is 12.8. The molecule has 0 unspecified atom stereocenters. The van der Waals surface area contributed by atoms with E-state index < -0.39 is 0 Å². The van der Waals surface area contributed by atoms with Crippen LogP contribution in [0.3, 0.4) is 0 Å². The van der Waals surface area contributed by atoms with Gasteiger partial charge in [0, 0.05) is 38.6 Å². The van der Waals surface area contributed by atoms with Crippen molar-refractivity contribution in [1.29, 1.82) is 0 Å². The molecular formula is C14H17N5O. The summed E-state index contributed by atoms with van der Waals surface area (Å²) in [6, 6.07) is 1.89. The molecule has 0 aliphatic carbocycles. The van der Waals surface area contributed by atoms with Gasteiger partial charge in [-0.05, 0) is 24.8 Å². The van der Waals surface area contributed by atoms with Crippen LogP contribution in [-0.4, -0.2) is 44.1 Å². The SMILES string of the molecule is CC(=O)N1CC[C@@H](Cc2nccnc2-c2ccn[nH]2)C1. The number of nitrogens with zero attached hydrogens (tertiary/aromatic N) is 4. The highest BCUT2D eigenvalue weighted by atomic mass is 16.2. The molecule has 1 amide bonds. The highest BCUT2D eigenvalue weighted by molar-refractivity contribution is 5.73. The minimum atomic E-state index is 0.153. The molecule has 104 valence electrons. The topological polar surface area (TPSA) is 74.8 Å². The van der Waals surface area contributed by atoms with E-state index in [1.54, 1.807) is 25.5 Å². The number of aromatic nitrogens is 4. The summed E-state index contributed by atoms with van der Waals surface area (Å²) >= 11 is 0. The number of aromatic amines is 1. The van der Waals surface area contributed by atoms with Crippen molar-refractivity contribution >= 4 is 5.91 Å². The zero-order chi connectivity index (χ0) is 13.9. The molecule has 0 saturated carbocycles. The van der Waals surface area contributed by atoms with Crippen molar-refractivity contribution in [2.24, 2.45) is 5.92 Å². The van der Waals surface area contributed by atoms with Crippen LogP contribution in [0.2, 0.25) is 0 Å². The van der Waals surface area contributed by atoms with Crippen molar-refractivity contribution in [1.82, 2.24) is 25.1 Å². The van der Waals surface area contributed by atoms with E-state index in [0.29, 0.717) is 5.92 Å². The molecule has 6 heteroatoms. The molecular weight excluding hydrogens is 254 g/mol. The first-order valence-electron chi connectivity index (χ1n) is 6.79. The Morgan fingerprint density at radius 3 is 2.95 bits per heavy atom. The molecule has 20 heavy (non-hydrogen) atoms. The Kier molecular flexibility index (Phi) is 3.45. The van der Waals surface area contributed by atoms with Crippen LogP contribution in [-0.2, 0) is 11.2 Å². The van der Waals surface area contributed by atoms with Gasteiger partial charge in [0.2, 0.25) is 5.91 Å². The molecule has 1 aliphatic heterocycles. The lowest BCUT2D eigenvalue weighted by molar-refractivity contribution is -0.127. The van der Waals surface area contributed by atoms with Crippen molar-refractivity contribution in [3.8, 4) is 11.4 Å². The fourth-order valence-electron chi connectivity index (χ4n) is 2.69. The number of amides is 1. The molecule has 2 aromatic heterocycles. The predicted molar refractivity (Wildman–Crippen MR) is 73.7 cm³/mol. The van der Waals surface area contributed by atoms with Gasteiger partial charge in [-0.2, -0.15) is 5.10 Å². The Labute approximate surface area is 117 Å². The summed E-state index contributed by atoms with van der Waals surface area (Å²) in [5.41, 5.74) is 2.70. The standard InChI is InChI=1S/C14H17N5O/c1-10(20)19-7-3-11(9-19)8-13-14(16-6-5-15-13)12-2-4-17-18-12/h2,4-6,11H,3,7-9H2,1H3,(H,17,18)/t11-/m0/s1. The van der Waals surface area contributed by atoms with E-state index >= 15 is 0 Å². The molecule has 6 nitrogen and oxygen atoms in total. The second-order valence-corrected chi connectivity index (χ2v) is 5.15. The van der Waals surface area contributed by atoms with Crippen molar-refractivity contribution in [2.75, 3.05) is 13.1 Å². The maximum absolute atomic E-state index is 11.4. The zero-order valence-corrected chi connectivity index (χ0v) is 11.4. The summed E-state index contributed by atoms with van der Waals surface area (Å²) in [6.45, 7) is 3.29. The molecule has 3 rings (SSSR count). The van der Waals surface area contributed by atoms with Crippen LogP contribution >= 0.6 is 0 Å². The van der Waals surface area contributed by atoms with Gasteiger partial charge in [-0.1, -0.05) is 0 Å². The van der Waals surface area contributed by atoms with E-state index in [-0.39, 0.29) is 5.91 Å². The van der Waals surface area contributed by atoms with Crippen LogP contribution in [0.15, 0.2) is 24.7 Å². The number of carbonyl (C=O) groups excluding carboxylic acids is 1. The number of nitrogens with one attached hydrogen (secondary N) is 1. The summed E-state index contributed by atoms with van der Waals surface area (Å²) in [6.07, 6.45) is 6.98. The summed E-state index contributed by atoms with van der Waals surface area (Å²) in [5, 5.41) is 6.89. The van der Waals surface area contributed by atoms with Crippen molar-refractivity contribution < 1.29 is 4.79 Å². The highest BCUT2D eigenvalue weighted by Gasteiger charge is 2.25. The smallest absolute Gasteiger partial charge is 0.219 e. The van der Waals surface area contributed by atoms with Crippen LogP contribution in [0, 0.1) is 5.92 Å². The van der Waals surface area contributed by atoms with Gasteiger partial charge < -0.3 is 4.90 Å². The summed E-state index contributed by atoms with van der Waals surface area (Å²) < 4.78 is 0. The second kappa shape index (κ2) is 5.40. The molecule has 1 N–H and O–H groups in total. The van der Waals surface area contributed by atoms with Gasteiger partial charge in [-0.25, -0.2) is 0 Å². The number of H-pyrrole nitrogens is 1. The fraction of sp³-hybridized carbons (Fsp3) is 0.429. The molecule has 0 bridgehead atoms.